The highest BCUT2D eigenvalue weighted by atomic mass is 35.5. The summed E-state index contributed by atoms with van der Waals surface area (Å²) in [6.45, 7) is 0. The quantitative estimate of drug-likeness (QED) is 0.920. The first-order chi connectivity index (χ1) is 9.11. The first kappa shape index (κ1) is 14.3. The molecule has 100 valence electrons. The smallest absolute Gasteiger partial charge is 0.218 e. The molecule has 1 amide bonds. The molecule has 19 heavy (non-hydrogen) atoms. The number of hydrogen-bond donors (Lipinski definition) is 1. The maximum absolute atomic E-state index is 11.1. The number of thioether (sulfide) groups is 1. The zero-order valence-corrected chi connectivity index (χ0v) is 12.6. The molecule has 2 rings (SSSR count). The van der Waals surface area contributed by atoms with Crippen LogP contribution in [-0.2, 0) is 4.79 Å². The van der Waals surface area contributed by atoms with Crippen LogP contribution in [0.4, 0.5) is 0 Å². The Bertz CT molecular complexity index is 574. The zero-order valence-electron chi connectivity index (χ0n) is 10.2. The van der Waals surface area contributed by atoms with E-state index in [1.54, 1.807) is 24.2 Å². The van der Waals surface area contributed by atoms with Crippen molar-refractivity contribution in [1.29, 1.82) is 0 Å². The second-order valence-corrected chi connectivity index (χ2v) is 6.24. The van der Waals surface area contributed by atoms with Crippen molar-refractivity contribution in [2.45, 2.75) is 11.7 Å². The molecule has 0 bridgehead atoms. The lowest BCUT2D eigenvalue weighted by Crippen LogP contribution is -2.13. The van der Waals surface area contributed by atoms with Crippen LogP contribution in [0.3, 0.4) is 0 Å². The molecule has 0 aliphatic heterocycles. The van der Waals surface area contributed by atoms with Crippen LogP contribution in [0.25, 0.3) is 10.6 Å². The van der Waals surface area contributed by atoms with Gasteiger partial charge in [-0.2, -0.15) is 11.8 Å². The minimum atomic E-state index is -0.341. The minimum Gasteiger partial charge on any atom is -0.370 e. The van der Waals surface area contributed by atoms with Crippen molar-refractivity contribution in [2.24, 2.45) is 5.73 Å². The maximum atomic E-state index is 11.1. The Morgan fingerprint density at radius 2 is 2.42 bits per heavy atom. The van der Waals surface area contributed by atoms with E-state index in [0.29, 0.717) is 5.15 Å². The van der Waals surface area contributed by atoms with Gasteiger partial charge < -0.3 is 5.73 Å². The zero-order chi connectivity index (χ0) is 13.8. The number of thiazole rings is 1. The monoisotopic (exact) mass is 313 g/mol. The first-order valence-corrected chi connectivity index (χ1v) is 7.97. The molecule has 0 aliphatic carbocycles. The van der Waals surface area contributed by atoms with Gasteiger partial charge in [0.1, 0.15) is 10.2 Å². The lowest BCUT2D eigenvalue weighted by atomic mass is 10.2. The Hall–Kier alpha value is -1.11. The average molecular weight is 314 g/mol. The molecule has 2 aromatic rings. The first-order valence-electron chi connectivity index (χ1n) is 5.49. The second kappa shape index (κ2) is 6.36. The van der Waals surface area contributed by atoms with E-state index in [2.05, 4.69) is 9.97 Å². The number of carbonyl (C=O) groups excluding carboxylic acids is 1. The third-order valence-electron chi connectivity index (χ3n) is 2.48. The summed E-state index contributed by atoms with van der Waals surface area (Å²) < 4.78 is 0. The highest BCUT2D eigenvalue weighted by molar-refractivity contribution is 7.99. The summed E-state index contributed by atoms with van der Waals surface area (Å²) in [5.74, 6) is -0.341. The number of nitrogens with two attached hydrogens (primary N) is 1. The van der Waals surface area contributed by atoms with E-state index < -0.39 is 0 Å². The Labute approximate surface area is 124 Å². The second-order valence-electron chi connectivity index (χ2n) is 3.81. The van der Waals surface area contributed by atoms with Crippen LogP contribution in [0.15, 0.2) is 24.5 Å². The molecule has 0 radical (unpaired) electrons. The summed E-state index contributed by atoms with van der Waals surface area (Å²) >= 11 is 9.18. The Morgan fingerprint density at radius 3 is 3.00 bits per heavy atom. The van der Waals surface area contributed by atoms with Crippen LogP contribution in [0.1, 0.15) is 16.5 Å². The molecule has 2 heterocycles. The lowest BCUT2D eigenvalue weighted by molar-refractivity contribution is -0.118. The molecule has 0 aliphatic rings. The predicted molar refractivity (Wildman–Crippen MR) is 80.4 cm³/mol. The highest BCUT2D eigenvalue weighted by Crippen LogP contribution is 2.41. The maximum Gasteiger partial charge on any atom is 0.218 e. The molecule has 0 fully saturated rings. The molecule has 0 spiro atoms. The topological polar surface area (TPSA) is 68.9 Å². The third kappa shape index (κ3) is 3.46. The third-order valence-corrected chi connectivity index (χ3v) is 5.22. The van der Waals surface area contributed by atoms with Crippen LogP contribution in [0.2, 0.25) is 5.15 Å². The largest absolute Gasteiger partial charge is 0.370 e. The van der Waals surface area contributed by atoms with Crippen LogP contribution in [-0.4, -0.2) is 22.1 Å². The van der Waals surface area contributed by atoms with E-state index in [1.165, 1.54) is 11.3 Å². The van der Waals surface area contributed by atoms with Crippen LogP contribution in [0, 0.1) is 0 Å². The number of primary amides is 1. The molecule has 1 unspecified atom stereocenters. The number of nitrogens with zero attached hydrogens (tertiary/aromatic N) is 2. The van der Waals surface area contributed by atoms with Gasteiger partial charge in [-0.15, -0.1) is 11.3 Å². The van der Waals surface area contributed by atoms with Gasteiger partial charge in [0.2, 0.25) is 5.91 Å². The fourth-order valence-electron chi connectivity index (χ4n) is 1.59. The van der Waals surface area contributed by atoms with E-state index in [-0.39, 0.29) is 17.6 Å². The van der Waals surface area contributed by atoms with Crippen LogP contribution < -0.4 is 5.73 Å². The number of pyridine rings is 1. The van der Waals surface area contributed by atoms with Gasteiger partial charge >= 0.3 is 0 Å². The summed E-state index contributed by atoms with van der Waals surface area (Å²) in [4.78, 5) is 20.3. The van der Waals surface area contributed by atoms with Crippen molar-refractivity contribution >= 4 is 40.6 Å². The molecule has 7 heteroatoms. The van der Waals surface area contributed by atoms with Crippen molar-refractivity contribution in [2.75, 3.05) is 6.26 Å². The SMILES string of the molecule is CSC(CC(N)=O)c1sc(-c2cccnc2)nc1Cl. The Balaban J connectivity index is 2.33. The Kier molecular flexibility index (Phi) is 4.79. The van der Waals surface area contributed by atoms with Gasteiger partial charge in [0.25, 0.3) is 0 Å². The van der Waals surface area contributed by atoms with Gasteiger partial charge in [0.05, 0.1) is 10.1 Å². The van der Waals surface area contributed by atoms with Crippen LogP contribution >= 0.6 is 34.7 Å². The number of aromatic nitrogens is 2. The van der Waals surface area contributed by atoms with E-state index >= 15 is 0 Å². The highest BCUT2D eigenvalue weighted by Gasteiger charge is 2.21. The average Bonchev–Trinajstić information content (AvgIpc) is 2.79. The van der Waals surface area contributed by atoms with Crippen LogP contribution in [0.5, 0.6) is 0 Å². The lowest BCUT2D eigenvalue weighted by Gasteiger charge is -2.09. The van der Waals surface area contributed by atoms with E-state index in [1.807, 2.05) is 18.4 Å². The summed E-state index contributed by atoms with van der Waals surface area (Å²) in [5.41, 5.74) is 6.17. The molecule has 0 saturated heterocycles. The number of amides is 1. The van der Waals surface area contributed by atoms with Gasteiger partial charge in [0.15, 0.2) is 0 Å². The number of rotatable bonds is 5. The van der Waals surface area contributed by atoms with Crippen molar-refractivity contribution in [3.05, 3.63) is 34.6 Å². The van der Waals surface area contributed by atoms with Crippen molar-refractivity contribution in [3.63, 3.8) is 0 Å². The summed E-state index contributed by atoms with van der Waals surface area (Å²) in [7, 11) is 0. The molecular formula is C12H12ClN3OS2. The predicted octanol–water partition coefficient (Wildman–Crippen LogP) is 3.14. The van der Waals surface area contributed by atoms with E-state index in [0.717, 1.165) is 15.4 Å². The standard InChI is InChI=1S/C12H12ClN3OS2/c1-18-8(5-9(14)17)10-11(13)16-12(19-10)7-3-2-4-15-6-7/h2-4,6,8H,5H2,1H3,(H2,14,17). The number of halogens is 1. The molecular weight excluding hydrogens is 302 g/mol. The van der Waals surface area contributed by atoms with E-state index in [9.17, 15) is 4.79 Å². The number of carbonyl (C=O) groups is 1. The van der Waals surface area contributed by atoms with Gasteiger partial charge in [-0.05, 0) is 18.4 Å². The van der Waals surface area contributed by atoms with Crippen molar-refractivity contribution < 1.29 is 4.79 Å². The fraction of sp³-hybridized carbons (Fsp3) is 0.250. The number of hydrogen-bond acceptors (Lipinski definition) is 5. The molecule has 0 saturated carbocycles. The summed E-state index contributed by atoms with van der Waals surface area (Å²) in [6.07, 6.45) is 5.63. The summed E-state index contributed by atoms with van der Waals surface area (Å²) in [6, 6.07) is 3.77. The van der Waals surface area contributed by atoms with Gasteiger partial charge in [-0.1, -0.05) is 11.6 Å². The molecule has 2 aromatic heterocycles. The molecule has 0 aromatic carbocycles. The van der Waals surface area contributed by atoms with E-state index in [4.69, 9.17) is 17.3 Å². The van der Waals surface area contributed by atoms with Crippen molar-refractivity contribution in [3.8, 4) is 10.6 Å². The molecule has 4 nitrogen and oxygen atoms in total. The molecule has 2 N–H and O–H groups in total. The minimum absolute atomic E-state index is 0.0482. The summed E-state index contributed by atoms with van der Waals surface area (Å²) in [5, 5.41) is 1.19. The normalized spacial score (nSPS) is 12.3. The van der Waals surface area contributed by atoms with Gasteiger partial charge in [-0.25, -0.2) is 4.98 Å². The fourth-order valence-corrected chi connectivity index (χ4v) is 4.06. The molecule has 1 atom stereocenters. The van der Waals surface area contributed by atoms with Crippen molar-refractivity contribution in [1.82, 2.24) is 9.97 Å². The van der Waals surface area contributed by atoms with Gasteiger partial charge in [-0.3, -0.25) is 9.78 Å². The van der Waals surface area contributed by atoms with Gasteiger partial charge in [0, 0.05) is 24.4 Å². The Morgan fingerprint density at radius 1 is 1.63 bits per heavy atom.